The third-order valence-electron chi connectivity index (χ3n) is 5.92. The van der Waals surface area contributed by atoms with Crippen LogP contribution in [0.1, 0.15) is 52.1 Å². The van der Waals surface area contributed by atoms with E-state index in [1.165, 1.54) is 5.56 Å². The average Bonchev–Trinajstić information content (AvgIpc) is 3.28. The van der Waals surface area contributed by atoms with E-state index in [2.05, 4.69) is 39.7 Å². The largest absolute Gasteiger partial charge is 0.391 e. The summed E-state index contributed by atoms with van der Waals surface area (Å²) in [6.45, 7) is 4.03. The molecule has 0 radical (unpaired) electrons. The lowest BCUT2D eigenvalue weighted by Crippen LogP contribution is -2.40. The molecule has 6 nitrogen and oxygen atoms in total. The molecule has 0 bridgehead atoms. The second kappa shape index (κ2) is 10.9. The van der Waals surface area contributed by atoms with Gasteiger partial charge in [-0.05, 0) is 67.9 Å². The van der Waals surface area contributed by atoms with Crippen molar-refractivity contribution in [2.45, 2.75) is 51.7 Å². The summed E-state index contributed by atoms with van der Waals surface area (Å²) in [7, 11) is 1.93. The Bertz CT molecular complexity index is 1070. The fraction of sp³-hybridized carbons (Fsp3) is 0.375. The number of carbonyl (C=O) groups excluding carboxylic acids is 1. The number of aliphatic hydroxyl groups excluding tert-OH is 1. The monoisotopic (exact) mass is 476 g/mol. The van der Waals surface area contributed by atoms with Crippen molar-refractivity contribution in [3.05, 3.63) is 70.8 Å². The Morgan fingerprint density at radius 3 is 2.50 bits per heavy atom. The average molecular weight is 477 g/mol. The lowest BCUT2D eigenvalue weighted by atomic mass is 9.98. The van der Waals surface area contributed by atoms with Crippen molar-refractivity contribution in [1.29, 1.82) is 0 Å². The molecule has 0 spiro atoms. The predicted octanol–water partition coefficient (Wildman–Crippen LogP) is 4.18. The fourth-order valence-corrected chi connectivity index (χ4v) is 4.14. The number of nitrogens with zero attached hydrogens (tertiary/aromatic N) is 3. The highest BCUT2D eigenvalue weighted by molar-refractivity contribution is 5.92. The minimum atomic E-state index is -0.458. The molecule has 1 aliphatic carbocycles. The minimum absolute atomic E-state index is 0. The first-order chi connectivity index (χ1) is 14.4. The molecule has 4 rings (SSSR count). The van der Waals surface area contributed by atoms with Gasteiger partial charge in [-0.2, -0.15) is 5.10 Å². The van der Waals surface area contributed by atoms with Crippen molar-refractivity contribution in [3.63, 3.8) is 0 Å². The van der Waals surface area contributed by atoms with Crippen LogP contribution >= 0.6 is 24.8 Å². The van der Waals surface area contributed by atoms with Crippen LogP contribution in [-0.4, -0.2) is 37.9 Å². The molecule has 2 aromatic heterocycles. The Balaban J connectivity index is 0.00000181. The molecule has 2 atom stereocenters. The quantitative estimate of drug-likeness (QED) is 0.578. The number of aromatic nitrogens is 3. The van der Waals surface area contributed by atoms with Crippen LogP contribution in [0, 0.1) is 13.8 Å². The van der Waals surface area contributed by atoms with Gasteiger partial charge in [0.25, 0.3) is 5.91 Å². The van der Waals surface area contributed by atoms with Crippen LogP contribution in [0.5, 0.6) is 0 Å². The maximum absolute atomic E-state index is 12.6. The molecular formula is C24H30Cl2N4O2. The van der Waals surface area contributed by atoms with Crippen molar-refractivity contribution >= 4 is 30.7 Å². The van der Waals surface area contributed by atoms with Gasteiger partial charge in [0, 0.05) is 25.0 Å². The number of benzene rings is 1. The van der Waals surface area contributed by atoms with Crippen LogP contribution in [0.25, 0.3) is 11.1 Å². The molecule has 2 heterocycles. The number of hydrogen-bond donors (Lipinski definition) is 2. The van der Waals surface area contributed by atoms with E-state index in [-0.39, 0.29) is 36.8 Å². The van der Waals surface area contributed by atoms with Gasteiger partial charge in [-0.1, -0.05) is 24.3 Å². The second-order valence-electron chi connectivity index (χ2n) is 8.25. The maximum atomic E-state index is 12.6. The number of halogens is 2. The molecule has 1 aliphatic rings. The van der Waals surface area contributed by atoms with Gasteiger partial charge in [0.15, 0.2) is 0 Å². The van der Waals surface area contributed by atoms with Crippen LogP contribution in [0.4, 0.5) is 0 Å². The lowest BCUT2D eigenvalue weighted by Gasteiger charge is -2.16. The van der Waals surface area contributed by atoms with Gasteiger partial charge in [0.05, 0.1) is 17.8 Å². The van der Waals surface area contributed by atoms with Crippen LogP contribution in [0.2, 0.25) is 0 Å². The number of hydrogen-bond acceptors (Lipinski definition) is 4. The van der Waals surface area contributed by atoms with Crippen LogP contribution in [0.3, 0.4) is 0 Å². The number of aliphatic hydroxyl groups is 1. The Hall–Kier alpha value is -2.41. The summed E-state index contributed by atoms with van der Waals surface area (Å²) in [6.07, 6.45) is 6.55. The molecule has 1 amide bonds. The highest BCUT2D eigenvalue weighted by Gasteiger charge is 2.27. The van der Waals surface area contributed by atoms with Gasteiger partial charge >= 0.3 is 0 Å². The number of nitrogens with one attached hydrogen (secondary N) is 1. The highest BCUT2D eigenvalue weighted by atomic mass is 35.5. The molecule has 0 aliphatic heterocycles. The molecule has 0 unspecified atom stereocenters. The second-order valence-corrected chi connectivity index (χ2v) is 8.25. The number of carbonyl (C=O) groups is 1. The van der Waals surface area contributed by atoms with E-state index in [0.29, 0.717) is 5.69 Å². The summed E-state index contributed by atoms with van der Waals surface area (Å²) in [5.74, 6) is -0.218. The van der Waals surface area contributed by atoms with Gasteiger partial charge in [-0.25, -0.2) is 0 Å². The normalized spacial score (nSPS) is 17.4. The molecule has 1 aromatic carbocycles. The summed E-state index contributed by atoms with van der Waals surface area (Å²) in [4.78, 5) is 16.9. The van der Waals surface area contributed by atoms with Crippen molar-refractivity contribution in [2.24, 2.45) is 7.05 Å². The zero-order valence-electron chi connectivity index (χ0n) is 18.5. The predicted molar refractivity (Wildman–Crippen MR) is 131 cm³/mol. The van der Waals surface area contributed by atoms with E-state index >= 15 is 0 Å². The van der Waals surface area contributed by atoms with Gasteiger partial charge in [-0.3, -0.25) is 14.5 Å². The SMILES string of the molecule is Cc1cnc(C(=O)N[C@H]2CCC[C@@H]2O)cc1Cc1ccc(-c2cn(C)nc2C)cc1.Cl.Cl. The standard InChI is InChI=1S/C24H28N4O2.2ClH/c1-15-13-25-22(24(30)26-21-5-4-6-23(21)29)12-19(15)11-17-7-9-18(10-8-17)20-14-28(3)27-16(20)2;;/h7-10,12-14,21,23,29H,4-6,11H2,1-3H3,(H,26,30);2*1H/t21-,23-;;/m0../s1. The molecule has 1 saturated carbocycles. The van der Waals surface area contributed by atoms with Gasteiger partial charge in [0.2, 0.25) is 0 Å². The lowest BCUT2D eigenvalue weighted by molar-refractivity contribution is 0.0868. The van der Waals surface area contributed by atoms with E-state index < -0.39 is 6.10 Å². The zero-order chi connectivity index (χ0) is 21.3. The van der Waals surface area contributed by atoms with E-state index in [4.69, 9.17) is 0 Å². The molecule has 172 valence electrons. The Labute approximate surface area is 201 Å². The molecular weight excluding hydrogens is 447 g/mol. The van der Waals surface area contributed by atoms with Crippen molar-refractivity contribution in [1.82, 2.24) is 20.1 Å². The van der Waals surface area contributed by atoms with Crippen molar-refractivity contribution in [2.75, 3.05) is 0 Å². The topological polar surface area (TPSA) is 80.0 Å². The first-order valence-corrected chi connectivity index (χ1v) is 10.4. The molecule has 8 heteroatoms. The van der Waals surface area contributed by atoms with Crippen molar-refractivity contribution in [3.8, 4) is 11.1 Å². The Morgan fingerprint density at radius 2 is 1.91 bits per heavy atom. The number of aryl methyl sites for hydroxylation is 3. The smallest absolute Gasteiger partial charge is 0.270 e. The van der Waals surface area contributed by atoms with Crippen LogP contribution in [0.15, 0.2) is 42.7 Å². The zero-order valence-corrected chi connectivity index (χ0v) is 20.2. The molecule has 1 fully saturated rings. The third-order valence-corrected chi connectivity index (χ3v) is 5.92. The van der Waals surface area contributed by atoms with Crippen molar-refractivity contribution < 1.29 is 9.90 Å². The highest BCUT2D eigenvalue weighted by Crippen LogP contribution is 2.24. The number of amides is 1. The Morgan fingerprint density at radius 1 is 1.19 bits per heavy atom. The van der Waals surface area contributed by atoms with Gasteiger partial charge in [0.1, 0.15) is 5.69 Å². The molecule has 3 aromatic rings. The van der Waals surface area contributed by atoms with E-state index in [0.717, 1.165) is 53.6 Å². The van der Waals surface area contributed by atoms with E-state index in [9.17, 15) is 9.90 Å². The van der Waals surface area contributed by atoms with Gasteiger partial charge < -0.3 is 10.4 Å². The Kier molecular flexibility index (Phi) is 8.84. The fourth-order valence-electron chi connectivity index (χ4n) is 4.14. The summed E-state index contributed by atoms with van der Waals surface area (Å²) < 4.78 is 1.83. The molecule has 2 N–H and O–H groups in total. The molecule has 32 heavy (non-hydrogen) atoms. The first-order valence-electron chi connectivity index (χ1n) is 10.4. The third kappa shape index (κ3) is 5.68. The number of rotatable bonds is 5. The summed E-state index contributed by atoms with van der Waals surface area (Å²) in [5.41, 5.74) is 7.00. The van der Waals surface area contributed by atoms with Crippen LogP contribution in [-0.2, 0) is 13.5 Å². The first kappa shape index (κ1) is 25.8. The van der Waals surface area contributed by atoms with Gasteiger partial charge in [-0.15, -0.1) is 24.8 Å². The minimum Gasteiger partial charge on any atom is -0.391 e. The van der Waals surface area contributed by atoms with E-state index in [1.807, 2.05) is 37.8 Å². The van der Waals surface area contributed by atoms with Crippen LogP contribution < -0.4 is 5.32 Å². The maximum Gasteiger partial charge on any atom is 0.270 e. The summed E-state index contributed by atoms with van der Waals surface area (Å²) in [6, 6.07) is 10.2. The summed E-state index contributed by atoms with van der Waals surface area (Å²) >= 11 is 0. The molecule has 0 saturated heterocycles. The number of pyridine rings is 1. The summed E-state index contributed by atoms with van der Waals surface area (Å²) in [5, 5.41) is 17.3. The van der Waals surface area contributed by atoms with E-state index in [1.54, 1.807) is 6.20 Å².